The van der Waals surface area contributed by atoms with E-state index in [1.165, 1.54) is 5.56 Å². The number of benzene rings is 1. The maximum absolute atomic E-state index is 3.84. The number of rotatable bonds is 2. The Labute approximate surface area is 92.9 Å². The van der Waals surface area contributed by atoms with Crippen LogP contribution in [-0.2, 0) is 0 Å². The number of allylic oxidation sites excluding steroid dienone is 4. The molecule has 16 heavy (non-hydrogen) atoms. The lowest BCUT2D eigenvalue weighted by molar-refractivity contribution is 0.788. The van der Waals surface area contributed by atoms with Gasteiger partial charge in [0.1, 0.15) is 6.33 Å². The summed E-state index contributed by atoms with van der Waals surface area (Å²) in [6.45, 7) is 0. The van der Waals surface area contributed by atoms with Crippen molar-refractivity contribution in [2.45, 2.75) is 5.92 Å². The van der Waals surface area contributed by atoms with E-state index >= 15 is 0 Å². The molecule has 0 amide bonds. The standard InChI is InChI=1S/C12H10N4/c1-2-4-10(3-1)11-5-7-12(8-6-11)16-9-13-14-15-16/h1-10H. The van der Waals surface area contributed by atoms with E-state index in [0.29, 0.717) is 5.92 Å². The highest BCUT2D eigenvalue weighted by Crippen LogP contribution is 2.23. The lowest BCUT2D eigenvalue weighted by Crippen LogP contribution is -1.96. The lowest BCUT2D eigenvalue weighted by atomic mass is 10.0. The molecule has 0 aliphatic heterocycles. The van der Waals surface area contributed by atoms with Crippen molar-refractivity contribution in [3.05, 3.63) is 60.5 Å². The van der Waals surface area contributed by atoms with Crippen LogP contribution < -0.4 is 0 Å². The van der Waals surface area contributed by atoms with Gasteiger partial charge < -0.3 is 0 Å². The molecule has 0 unspecified atom stereocenters. The van der Waals surface area contributed by atoms with Crippen LogP contribution in [0.2, 0.25) is 0 Å². The number of nitrogens with zero attached hydrogens (tertiary/aromatic N) is 4. The van der Waals surface area contributed by atoms with Gasteiger partial charge >= 0.3 is 0 Å². The summed E-state index contributed by atoms with van der Waals surface area (Å²) in [6.07, 6.45) is 10.1. The molecule has 0 N–H and O–H groups in total. The zero-order valence-electron chi connectivity index (χ0n) is 8.56. The van der Waals surface area contributed by atoms with Crippen molar-refractivity contribution in [3.63, 3.8) is 0 Å². The minimum absolute atomic E-state index is 0.405. The molecule has 0 spiro atoms. The minimum atomic E-state index is 0.405. The maximum Gasteiger partial charge on any atom is 0.143 e. The summed E-state index contributed by atoms with van der Waals surface area (Å²) >= 11 is 0. The van der Waals surface area contributed by atoms with Crippen LogP contribution in [0, 0.1) is 0 Å². The van der Waals surface area contributed by atoms with Crippen molar-refractivity contribution in [2.75, 3.05) is 0 Å². The first-order chi connectivity index (χ1) is 7.93. The molecule has 1 aromatic heterocycles. The molecule has 3 rings (SSSR count). The number of tetrazole rings is 1. The molecule has 0 saturated heterocycles. The van der Waals surface area contributed by atoms with Crippen LogP contribution in [-0.4, -0.2) is 20.2 Å². The Morgan fingerprint density at radius 2 is 1.75 bits per heavy atom. The molecular formula is C12H10N4. The Morgan fingerprint density at radius 3 is 2.38 bits per heavy atom. The van der Waals surface area contributed by atoms with E-state index in [-0.39, 0.29) is 0 Å². The van der Waals surface area contributed by atoms with Crippen molar-refractivity contribution in [1.29, 1.82) is 0 Å². The van der Waals surface area contributed by atoms with Gasteiger partial charge in [0.25, 0.3) is 0 Å². The van der Waals surface area contributed by atoms with Crippen molar-refractivity contribution in [1.82, 2.24) is 20.2 Å². The molecule has 2 aromatic rings. The second-order valence-electron chi connectivity index (χ2n) is 3.64. The molecule has 0 fully saturated rings. The van der Waals surface area contributed by atoms with Gasteiger partial charge in [0.15, 0.2) is 0 Å². The zero-order valence-corrected chi connectivity index (χ0v) is 8.56. The molecule has 0 radical (unpaired) electrons. The molecule has 1 heterocycles. The molecule has 4 heteroatoms. The molecular weight excluding hydrogens is 200 g/mol. The van der Waals surface area contributed by atoms with Crippen LogP contribution in [0.1, 0.15) is 11.5 Å². The van der Waals surface area contributed by atoms with Crippen LogP contribution in [0.5, 0.6) is 0 Å². The van der Waals surface area contributed by atoms with Crippen LogP contribution in [0.25, 0.3) is 5.69 Å². The summed E-state index contributed by atoms with van der Waals surface area (Å²) in [6, 6.07) is 8.24. The number of hydrogen-bond acceptors (Lipinski definition) is 3. The highest BCUT2D eigenvalue weighted by molar-refractivity contribution is 5.40. The fourth-order valence-corrected chi connectivity index (χ4v) is 1.78. The Kier molecular flexibility index (Phi) is 2.11. The average molecular weight is 210 g/mol. The fourth-order valence-electron chi connectivity index (χ4n) is 1.78. The normalized spacial score (nSPS) is 14.8. The largest absolute Gasteiger partial charge is 0.201 e. The predicted molar refractivity (Wildman–Crippen MR) is 60.2 cm³/mol. The predicted octanol–water partition coefficient (Wildman–Crippen LogP) is 1.87. The molecule has 0 atom stereocenters. The van der Waals surface area contributed by atoms with Gasteiger partial charge in [-0.25, -0.2) is 4.68 Å². The van der Waals surface area contributed by atoms with Crippen molar-refractivity contribution < 1.29 is 0 Å². The molecule has 78 valence electrons. The molecule has 1 aliphatic carbocycles. The monoisotopic (exact) mass is 210 g/mol. The van der Waals surface area contributed by atoms with Crippen LogP contribution >= 0.6 is 0 Å². The van der Waals surface area contributed by atoms with Gasteiger partial charge in [-0.1, -0.05) is 36.4 Å². The smallest absolute Gasteiger partial charge is 0.143 e. The first-order valence-corrected chi connectivity index (χ1v) is 5.12. The zero-order chi connectivity index (χ0) is 10.8. The second-order valence-corrected chi connectivity index (χ2v) is 3.64. The Bertz CT molecular complexity index is 511. The van der Waals surface area contributed by atoms with E-state index in [1.807, 2.05) is 12.1 Å². The van der Waals surface area contributed by atoms with Crippen LogP contribution in [0.4, 0.5) is 0 Å². The van der Waals surface area contributed by atoms with Crippen LogP contribution in [0.15, 0.2) is 54.9 Å². The van der Waals surface area contributed by atoms with E-state index in [1.54, 1.807) is 11.0 Å². The van der Waals surface area contributed by atoms with E-state index in [0.717, 1.165) is 5.69 Å². The summed E-state index contributed by atoms with van der Waals surface area (Å²) in [7, 11) is 0. The van der Waals surface area contributed by atoms with Crippen molar-refractivity contribution in [3.8, 4) is 5.69 Å². The first kappa shape index (κ1) is 9.03. The van der Waals surface area contributed by atoms with E-state index < -0.39 is 0 Å². The third kappa shape index (κ3) is 1.54. The first-order valence-electron chi connectivity index (χ1n) is 5.12. The van der Waals surface area contributed by atoms with Crippen molar-refractivity contribution >= 4 is 0 Å². The quantitative estimate of drug-likeness (QED) is 0.760. The molecule has 0 bridgehead atoms. The van der Waals surface area contributed by atoms with Crippen LogP contribution in [0.3, 0.4) is 0 Å². The minimum Gasteiger partial charge on any atom is -0.201 e. The highest BCUT2D eigenvalue weighted by atomic mass is 15.5. The highest BCUT2D eigenvalue weighted by Gasteiger charge is 2.06. The van der Waals surface area contributed by atoms with E-state index in [4.69, 9.17) is 0 Å². The summed E-state index contributed by atoms with van der Waals surface area (Å²) < 4.78 is 1.64. The molecule has 0 saturated carbocycles. The third-order valence-electron chi connectivity index (χ3n) is 2.64. The van der Waals surface area contributed by atoms with Gasteiger partial charge in [-0.15, -0.1) is 5.10 Å². The summed E-state index contributed by atoms with van der Waals surface area (Å²) in [5.41, 5.74) is 2.25. The Hall–Kier alpha value is -2.23. The Balaban J connectivity index is 1.90. The second kappa shape index (κ2) is 3.73. The number of hydrogen-bond donors (Lipinski definition) is 0. The lowest BCUT2D eigenvalue weighted by Gasteiger charge is -2.06. The van der Waals surface area contributed by atoms with Gasteiger partial charge in [-0.3, -0.25) is 0 Å². The number of aromatic nitrogens is 4. The van der Waals surface area contributed by atoms with Gasteiger partial charge in [0.2, 0.25) is 0 Å². The Morgan fingerprint density at radius 1 is 1.00 bits per heavy atom. The molecule has 4 nitrogen and oxygen atoms in total. The maximum atomic E-state index is 3.84. The topological polar surface area (TPSA) is 43.6 Å². The third-order valence-corrected chi connectivity index (χ3v) is 2.64. The summed E-state index contributed by atoms with van der Waals surface area (Å²) in [5, 5.41) is 11.1. The molecule has 1 aromatic carbocycles. The van der Waals surface area contributed by atoms with Gasteiger partial charge in [0, 0.05) is 5.92 Å². The fraction of sp³-hybridized carbons (Fsp3) is 0.0833. The van der Waals surface area contributed by atoms with Gasteiger partial charge in [0.05, 0.1) is 5.69 Å². The van der Waals surface area contributed by atoms with Gasteiger partial charge in [-0.2, -0.15) is 0 Å². The SMILES string of the molecule is C1=CC(c2ccc(-n3cnnn3)cc2)C=C1. The summed E-state index contributed by atoms with van der Waals surface area (Å²) in [5.74, 6) is 0.405. The van der Waals surface area contributed by atoms with Crippen molar-refractivity contribution in [2.24, 2.45) is 0 Å². The van der Waals surface area contributed by atoms with Gasteiger partial charge in [-0.05, 0) is 28.1 Å². The van der Waals surface area contributed by atoms with E-state index in [9.17, 15) is 0 Å². The molecule has 1 aliphatic rings. The van der Waals surface area contributed by atoms with E-state index in [2.05, 4.69) is 52.0 Å². The summed E-state index contributed by atoms with van der Waals surface area (Å²) in [4.78, 5) is 0. The average Bonchev–Trinajstić information content (AvgIpc) is 3.03.